The molecular formula is C13H15FN2O. The van der Waals surface area contributed by atoms with Gasteiger partial charge in [0.05, 0.1) is 0 Å². The van der Waals surface area contributed by atoms with Crippen LogP contribution in [-0.4, -0.2) is 4.98 Å². The van der Waals surface area contributed by atoms with Crippen LogP contribution in [0.3, 0.4) is 0 Å². The number of oxazole rings is 1. The molecule has 0 spiro atoms. The maximum atomic E-state index is 13.6. The molecule has 1 aliphatic rings. The Labute approximate surface area is 98.8 Å². The van der Waals surface area contributed by atoms with Gasteiger partial charge in [-0.3, -0.25) is 0 Å². The van der Waals surface area contributed by atoms with Crippen LogP contribution in [0, 0.1) is 5.82 Å². The molecule has 90 valence electrons. The van der Waals surface area contributed by atoms with Crippen LogP contribution in [0.5, 0.6) is 0 Å². The second kappa shape index (κ2) is 4.02. The van der Waals surface area contributed by atoms with E-state index >= 15 is 0 Å². The highest BCUT2D eigenvalue weighted by molar-refractivity contribution is 5.77. The lowest BCUT2D eigenvalue weighted by Crippen LogP contribution is -2.04. The van der Waals surface area contributed by atoms with Crippen LogP contribution in [0.2, 0.25) is 0 Å². The number of fused-ring (bicyclic) bond motifs is 1. The van der Waals surface area contributed by atoms with Crippen molar-refractivity contribution >= 4 is 16.8 Å². The summed E-state index contributed by atoms with van der Waals surface area (Å²) in [5, 5.41) is 0. The van der Waals surface area contributed by atoms with Gasteiger partial charge in [-0.05, 0) is 18.9 Å². The lowest BCUT2D eigenvalue weighted by atomic mass is 9.89. The molecule has 0 bridgehead atoms. The Morgan fingerprint density at radius 3 is 2.76 bits per heavy atom. The summed E-state index contributed by atoms with van der Waals surface area (Å²) in [4.78, 5) is 4.37. The molecule has 1 aromatic heterocycles. The largest absolute Gasteiger partial charge is 0.437 e. The van der Waals surface area contributed by atoms with Crippen LogP contribution in [0.1, 0.15) is 43.9 Å². The Hall–Kier alpha value is -1.58. The van der Waals surface area contributed by atoms with Crippen molar-refractivity contribution in [1.82, 2.24) is 4.98 Å². The number of nitrogens with two attached hydrogens (primary N) is 1. The molecule has 2 aromatic rings. The van der Waals surface area contributed by atoms with E-state index in [9.17, 15) is 4.39 Å². The molecule has 3 rings (SSSR count). The molecule has 0 unspecified atom stereocenters. The molecule has 3 nitrogen and oxygen atoms in total. The van der Waals surface area contributed by atoms with Gasteiger partial charge in [-0.2, -0.15) is 0 Å². The summed E-state index contributed by atoms with van der Waals surface area (Å²) in [6.45, 7) is 0. The van der Waals surface area contributed by atoms with Crippen molar-refractivity contribution in [2.45, 2.75) is 38.0 Å². The van der Waals surface area contributed by atoms with Crippen molar-refractivity contribution in [3.8, 4) is 0 Å². The average Bonchev–Trinajstić information content (AvgIpc) is 2.74. The maximum Gasteiger partial charge on any atom is 0.198 e. The highest BCUT2D eigenvalue weighted by Crippen LogP contribution is 2.34. The van der Waals surface area contributed by atoms with E-state index in [-0.39, 0.29) is 5.58 Å². The van der Waals surface area contributed by atoms with Crippen molar-refractivity contribution in [2.75, 3.05) is 5.73 Å². The Morgan fingerprint density at radius 1 is 1.24 bits per heavy atom. The molecule has 0 saturated heterocycles. The number of hydrogen-bond donors (Lipinski definition) is 1. The molecule has 1 saturated carbocycles. The van der Waals surface area contributed by atoms with Crippen LogP contribution < -0.4 is 5.73 Å². The van der Waals surface area contributed by atoms with Gasteiger partial charge in [-0.1, -0.05) is 19.3 Å². The summed E-state index contributed by atoms with van der Waals surface area (Å²) in [7, 11) is 0. The molecule has 4 heteroatoms. The van der Waals surface area contributed by atoms with E-state index in [1.807, 2.05) is 0 Å². The predicted molar refractivity (Wildman–Crippen MR) is 64.2 cm³/mol. The fourth-order valence-corrected chi connectivity index (χ4v) is 2.55. The Bertz CT molecular complexity index is 544. The second-order valence-corrected chi connectivity index (χ2v) is 4.74. The van der Waals surface area contributed by atoms with E-state index in [1.165, 1.54) is 25.3 Å². The molecule has 1 aliphatic carbocycles. The van der Waals surface area contributed by atoms with Gasteiger partial charge >= 0.3 is 0 Å². The van der Waals surface area contributed by atoms with Crippen LogP contribution in [0.15, 0.2) is 16.5 Å². The number of nitrogens with zero attached hydrogens (tertiary/aromatic N) is 1. The number of nitrogen functional groups attached to an aromatic ring is 1. The normalized spacial score (nSPS) is 17.7. The third kappa shape index (κ3) is 1.88. The van der Waals surface area contributed by atoms with Gasteiger partial charge in [0.15, 0.2) is 17.3 Å². The van der Waals surface area contributed by atoms with E-state index in [1.54, 1.807) is 6.07 Å². The first kappa shape index (κ1) is 10.6. The lowest BCUT2D eigenvalue weighted by Gasteiger charge is -2.17. The number of rotatable bonds is 1. The summed E-state index contributed by atoms with van der Waals surface area (Å²) in [6, 6.07) is 2.94. The summed E-state index contributed by atoms with van der Waals surface area (Å²) >= 11 is 0. The quantitative estimate of drug-likeness (QED) is 0.767. The molecule has 0 atom stereocenters. The zero-order valence-corrected chi connectivity index (χ0v) is 9.58. The van der Waals surface area contributed by atoms with Crippen LogP contribution in [-0.2, 0) is 0 Å². The highest BCUT2D eigenvalue weighted by Gasteiger charge is 2.22. The number of anilines is 1. The van der Waals surface area contributed by atoms with Gasteiger partial charge in [0, 0.05) is 17.7 Å². The van der Waals surface area contributed by atoms with Gasteiger partial charge in [-0.25, -0.2) is 9.37 Å². The summed E-state index contributed by atoms with van der Waals surface area (Å²) in [5.74, 6) is 0.593. The van der Waals surface area contributed by atoms with Crippen molar-refractivity contribution in [1.29, 1.82) is 0 Å². The Kier molecular flexibility index (Phi) is 2.50. The minimum Gasteiger partial charge on any atom is -0.437 e. The number of benzene rings is 1. The molecule has 0 amide bonds. The first-order chi connectivity index (χ1) is 8.24. The van der Waals surface area contributed by atoms with Gasteiger partial charge in [0.1, 0.15) is 5.52 Å². The van der Waals surface area contributed by atoms with Crippen molar-refractivity contribution in [2.24, 2.45) is 0 Å². The molecule has 2 N–H and O–H groups in total. The Morgan fingerprint density at radius 2 is 2.00 bits per heavy atom. The molecule has 0 aliphatic heterocycles. The number of aromatic nitrogens is 1. The van der Waals surface area contributed by atoms with E-state index < -0.39 is 5.82 Å². The maximum absolute atomic E-state index is 13.6. The standard InChI is InChI=1S/C13H15FN2O/c14-10-6-9(15)7-11-12(10)17-13(16-11)8-4-2-1-3-5-8/h6-8H,1-5,15H2. The molecule has 0 radical (unpaired) electrons. The first-order valence-electron chi connectivity index (χ1n) is 6.09. The minimum absolute atomic E-state index is 0.236. The second-order valence-electron chi connectivity index (χ2n) is 4.74. The van der Waals surface area contributed by atoms with E-state index in [0.29, 0.717) is 23.0 Å². The fraction of sp³-hybridized carbons (Fsp3) is 0.462. The van der Waals surface area contributed by atoms with E-state index in [0.717, 1.165) is 12.8 Å². The number of halogens is 1. The first-order valence-corrected chi connectivity index (χ1v) is 6.09. The minimum atomic E-state index is -0.422. The van der Waals surface area contributed by atoms with Crippen LogP contribution in [0.4, 0.5) is 10.1 Å². The molecule has 1 heterocycles. The van der Waals surface area contributed by atoms with Gasteiger partial charge in [0.25, 0.3) is 0 Å². The van der Waals surface area contributed by atoms with Crippen LogP contribution >= 0.6 is 0 Å². The third-order valence-corrected chi connectivity index (χ3v) is 3.44. The van der Waals surface area contributed by atoms with Crippen LogP contribution in [0.25, 0.3) is 11.1 Å². The lowest BCUT2D eigenvalue weighted by molar-refractivity contribution is 0.370. The summed E-state index contributed by atoms with van der Waals surface area (Å²) < 4.78 is 19.2. The topological polar surface area (TPSA) is 52.0 Å². The molecule has 1 fully saturated rings. The van der Waals surface area contributed by atoms with Crippen molar-refractivity contribution in [3.63, 3.8) is 0 Å². The average molecular weight is 234 g/mol. The number of hydrogen-bond acceptors (Lipinski definition) is 3. The Balaban J connectivity index is 2.03. The van der Waals surface area contributed by atoms with E-state index in [4.69, 9.17) is 10.2 Å². The molecule has 1 aromatic carbocycles. The molecule has 17 heavy (non-hydrogen) atoms. The smallest absolute Gasteiger partial charge is 0.198 e. The van der Waals surface area contributed by atoms with E-state index in [2.05, 4.69) is 4.98 Å². The molecular weight excluding hydrogens is 219 g/mol. The van der Waals surface area contributed by atoms with Gasteiger partial charge in [0.2, 0.25) is 0 Å². The summed E-state index contributed by atoms with van der Waals surface area (Å²) in [6.07, 6.45) is 5.86. The predicted octanol–water partition coefficient (Wildman–Crippen LogP) is 3.60. The van der Waals surface area contributed by atoms with Crippen molar-refractivity contribution < 1.29 is 8.81 Å². The van der Waals surface area contributed by atoms with Crippen molar-refractivity contribution in [3.05, 3.63) is 23.8 Å². The zero-order valence-electron chi connectivity index (χ0n) is 9.58. The SMILES string of the molecule is Nc1cc(F)c2oc(C3CCCCC3)nc2c1. The highest BCUT2D eigenvalue weighted by atomic mass is 19.1. The third-order valence-electron chi connectivity index (χ3n) is 3.44. The van der Waals surface area contributed by atoms with Gasteiger partial charge < -0.3 is 10.2 Å². The van der Waals surface area contributed by atoms with Gasteiger partial charge in [-0.15, -0.1) is 0 Å². The fourth-order valence-electron chi connectivity index (χ4n) is 2.55. The monoisotopic (exact) mass is 234 g/mol. The summed E-state index contributed by atoms with van der Waals surface area (Å²) in [5.41, 5.74) is 6.74. The zero-order chi connectivity index (χ0) is 11.8.